The van der Waals surface area contributed by atoms with Crippen LogP contribution >= 0.6 is 0 Å². The summed E-state index contributed by atoms with van der Waals surface area (Å²) in [6, 6.07) is 17.8. The van der Waals surface area contributed by atoms with E-state index in [2.05, 4.69) is 22.3 Å². The maximum absolute atomic E-state index is 12.3. The monoisotopic (exact) mass is 453 g/mol. The normalized spacial score (nSPS) is 15.6. The van der Waals surface area contributed by atoms with Gasteiger partial charge in [0.1, 0.15) is 12.2 Å². The predicted molar refractivity (Wildman–Crippen MR) is 128 cm³/mol. The van der Waals surface area contributed by atoms with Gasteiger partial charge in [0.2, 0.25) is 0 Å². The van der Waals surface area contributed by atoms with Crippen LogP contribution in [0.3, 0.4) is 0 Å². The van der Waals surface area contributed by atoms with Crippen molar-refractivity contribution in [2.24, 2.45) is 0 Å². The lowest BCUT2D eigenvalue weighted by Crippen LogP contribution is -2.48. The zero-order valence-electron chi connectivity index (χ0n) is 20.0. The van der Waals surface area contributed by atoms with Crippen molar-refractivity contribution in [1.82, 2.24) is 15.1 Å². The standard InChI is InChI=1S/C26H35N3O4/c1-20(27-24(30)33-26(2,3)4)23-12-10-21(11-13-23)18-28-14-16-29(17-15-28)25(31)32-19-22-8-6-5-7-9-22/h5-13,20H,14-19H2,1-4H3,(H,27,30). The van der Waals surface area contributed by atoms with Crippen LogP contribution in [0.25, 0.3) is 0 Å². The first kappa shape index (κ1) is 24.6. The third kappa shape index (κ3) is 8.09. The predicted octanol–water partition coefficient (Wildman–Crippen LogP) is 4.73. The molecule has 178 valence electrons. The Morgan fingerprint density at radius 3 is 2.18 bits per heavy atom. The van der Waals surface area contributed by atoms with Crippen LogP contribution in [0, 0.1) is 0 Å². The molecule has 2 aromatic rings. The number of alkyl carbamates (subject to hydrolysis) is 1. The smallest absolute Gasteiger partial charge is 0.410 e. The molecular weight excluding hydrogens is 418 g/mol. The second-order valence-electron chi connectivity index (χ2n) is 9.41. The molecular formula is C26H35N3O4. The SMILES string of the molecule is CC(NC(=O)OC(C)(C)C)c1ccc(CN2CCN(C(=O)OCc3ccccc3)CC2)cc1. The van der Waals surface area contributed by atoms with E-state index in [1.165, 1.54) is 5.56 Å². The highest BCUT2D eigenvalue weighted by Crippen LogP contribution is 2.17. The molecule has 33 heavy (non-hydrogen) atoms. The second kappa shape index (κ2) is 11.2. The van der Waals surface area contributed by atoms with E-state index >= 15 is 0 Å². The van der Waals surface area contributed by atoms with E-state index in [-0.39, 0.29) is 12.1 Å². The molecule has 3 rings (SSSR count). The molecule has 0 aliphatic carbocycles. The summed E-state index contributed by atoms with van der Waals surface area (Å²) in [6.07, 6.45) is -0.673. The fourth-order valence-corrected chi connectivity index (χ4v) is 3.64. The van der Waals surface area contributed by atoms with Gasteiger partial charge in [-0.2, -0.15) is 0 Å². The summed E-state index contributed by atoms with van der Waals surface area (Å²) in [5, 5.41) is 2.87. The van der Waals surface area contributed by atoms with Gasteiger partial charge in [-0.25, -0.2) is 9.59 Å². The highest BCUT2D eigenvalue weighted by Gasteiger charge is 2.22. The van der Waals surface area contributed by atoms with Gasteiger partial charge < -0.3 is 19.7 Å². The first-order valence-electron chi connectivity index (χ1n) is 11.5. The van der Waals surface area contributed by atoms with E-state index in [0.717, 1.165) is 30.8 Å². The Bertz CT molecular complexity index is 901. The quantitative estimate of drug-likeness (QED) is 0.685. The Kier molecular flexibility index (Phi) is 8.33. The molecule has 7 heteroatoms. The summed E-state index contributed by atoms with van der Waals surface area (Å²) in [5.74, 6) is 0. The fraction of sp³-hybridized carbons (Fsp3) is 0.462. The number of amides is 2. The van der Waals surface area contributed by atoms with Crippen LogP contribution in [0.4, 0.5) is 9.59 Å². The van der Waals surface area contributed by atoms with Gasteiger partial charge in [0.15, 0.2) is 0 Å². The number of hydrogen-bond donors (Lipinski definition) is 1. The third-order valence-electron chi connectivity index (χ3n) is 5.45. The van der Waals surface area contributed by atoms with E-state index in [0.29, 0.717) is 19.7 Å². The van der Waals surface area contributed by atoms with E-state index in [1.54, 1.807) is 4.90 Å². The number of rotatable bonds is 6. The summed E-state index contributed by atoms with van der Waals surface area (Å²) in [5.41, 5.74) is 2.69. The minimum absolute atomic E-state index is 0.139. The summed E-state index contributed by atoms with van der Waals surface area (Å²) in [4.78, 5) is 28.4. The Morgan fingerprint density at radius 2 is 1.58 bits per heavy atom. The number of carbonyl (C=O) groups is 2. The number of benzene rings is 2. The molecule has 2 amide bonds. The van der Waals surface area contributed by atoms with Gasteiger partial charge in [0.05, 0.1) is 6.04 Å². The van der Waals surface area contributed by atoms with Crippen LogP contribution in [0.2, 0.25) is 0 Å². The molecule has 1 saturated heterocycles. The van der Waals surface area contributed by atoms with Crippen LogP contribution in [0.1, 0.15) is 50.4 Å². The van der Waals surface area contributed by atoms with Crippen molar-refractivity contribution in [2.75, 3.05) is 26.2 Å². The van der Waals surface area contributed by atoms with Crippen molar-refractivity contribution in [3.05, 3.63) is 71.3 Å². The topological polar surface area (TPSA) is 71.1 Å². The van der Waals surface area contributed by atoms with Gasteiger partial charge in [0.25, 0.3) is 0 Å². The van der Waals surface area contributed by atoms with Crippen LogP contribution in [-0.4, -0.2) is 53.8 Å². The molecule has 1 aliphatic heterocycles. The molecule has 7 nitrogen and oxygen atoms in total. The average molecular weight is 454 g/mol. The summed E-state index contributed by atoms with van der Waals surface area (Å²) in [6.45, 7) is 11.5. The molecule has 1 aliphatic rings. The van der Waals surface area contributed by atoms with Gasteiger partial charge in [-0.05, 0) is 44.4 Å². The molecule has 0 aromatic heterocycles. The largest absolute Gasteiger partial charge is 0.445 e. The van der Waals surface area contributed by atoms with Gasteiger partial charge >= 0.3 is 12.2 Å². The molecule has 1 N–H and O–H groups in total. The third-order valence-corrected chi connectivity index (χ3v) is 5.45. The van der Waals surface area contributed by atoms with Gasteiger partial charge in [-0.3, -0.25) is 4.90 Å². The zero-order chi connectivity index (χ0) is 23.8. The lowest BCUT2D eigenvalue weighted by molar-refractivity contribution is 0.0507. The average Bonchev–Trinajstić information content (AvgIpc) is 2.78. The summed E-state index contributed by atoms with van der Waals surface area (Å²) >= 11 is 0. The van der Waals surface area contributed by atoms with Crippen molar-refractivity contribution in [2.45, 2.75) is 52.5 Å². The summed E-state index contributed by atoms with van der Waals surface area (Å²) in [7, 11) is 0. The minimum atomic E-state index is -0.518. The fourth-order valence-electron chi connectivity index (χ4n) is 3.64. The van der Waals surface area contributed by atoms with Gasteiger partial charge in [0, 0.05) is 32.7 Å². The van der Waals surface area contributed by atoms with Crippen molar-refractivity contribution in [3.8, 4) is 0 Å². The van der Waals surface area contributed by atoms with Crippen LogP contribution < -0.4 is 5.32 Å². The molecule has 1 atom stereocenters. The highest BCUT2D eigenvalue weighted by atomic mass is 16.6. The summed E-state index contributed by atoms with van der Waals surface area (Å²) < 4.78 is 10.8. The highest BCUT2D eigenvalue weighted by molar-refractivity contribution is 5.68. The molecule has 0 bridgehead atoms. The van der Waals surface area contributed by atoms with E-state index in [1.807, 2.05) is 70.2 Å². The maximum atomic E-state index is 12.3. The van der Waals surface area contributed by atoms with Crippen molar-refractivity contribution in [3.63, 3.8) is 0 Å². The van der Waals surface area contributed by atoms with Crippen molar-refractivity contribution < 1.29 is 19.1 Å². The molecule has 0 spiro atoms. The van der Waals surface area contributed by atoms with Crippen LogP contribution in [-0.2, 0) is 22.6 Å². The first-order chi connectivity index (χ1) is 15.7. The van der Waals surface area contributed by atoms with Crippen LogP contribution in [0.5, 0.6) is 0 Å². The number of ether oxygens (including phenoxy) is 2. The molecule has 1 unspecified atom stereocenters. The van der Waals surface area contributed by atoms with Crippen molar-refractivity contribution in [1.29, 1.82) is 0 Å². The van der Waals surface area contributed by atoms with Crippen molar-refractivity contribution >= 4 is 12.2 Å². The number of hydrogen-bond acceptors (Lipinski definition) is 5. The lowest BCUT2D eigenvalue weighted by atomic mass is 10.1. The first-order valence-corrected chi connectivity index (χ1v) is 11.5. The van der Waals surface area contributed by atoms with Crippen LogP contribution in [0.15, 0.2) is 54.6 Å². The molecule has 0 saturated carbocycles. The minimum Gasteiger partial charge on any atom is -0.445 e. The Hall–Kier alpha value is -3.06. The number of carbonyl (C=O) groups excluding carboxylic acids is 2. The number of piperazine rings is 1. The second-order valence-corrected chi connectivity index (χ2v) is 9.41. The molecule has 0 radical (unpaired) electrons. The maximum Gasteiger partial charge on any atom is 0.410 e. The number of nitrogens with zero attached hydrogens (tertiary/aromatic N) is 2. The van der Waals surface area contributed by atoms with E-state index in [4.69, 9.17) is 9.47 Å². The molecule has 2 aromatic carbocycles. The van der Waals surface area contributed by atoms with E-state index < -0.39 is 11.7 Å². The Labute approximate surface area is 196 Å². The Morgan fingerprint density at radius 1 is 0.939 bits per heavy atom. The van der Waals surface area contributed by atoms with Gasteiger partial charge in [-0.1, -0.05) is 54.6 Å². The molecule has 1 heterocycles. The number of nitrogens with one attached hydrogen (secondary N) is 1. The Balaban J connectivity index is 1.41. The van der Waals surface area contributed by atoms with Gasteiger partial charge in [-0.15, -0.1) is 0 Å². The lowest BCUT2D eigenvalue weighted by Gasteiger charge is -2.34. The van der Waals surface area contributed by atoms with E-state index in [9.17, 15) is 9.59 Å². The molecule has 1 fully saturated rings. The zero-order valence-corrected chi connectivity index (χ0v) is 20.0.